The molecule has 0 spiro atoms. The third-order valence-electron chi connectivity index (χ3n) is 2.50. The highest BCUT2D eigenvalue weighted by molar-refractivity contribution is 5.96. The number of carbonyl (C=O) groups is 1. The Morgan fingerprint density at radius 3 is 2.56 bits per heavy atom. The molecular formula is C14H15FO3. The van der Waals surface area contributed by atoms with Gasteiger partial charge in [0.15, 0.2) is 11.4 Å². The van der Waals surface area contributed by atoms with E-state index in [9.17, 15) is 9.18 Å². The molecule has 1 aromatic heterocycles. The number of hydrogen-bond acceptors (Lipinski definition) is 3. The fourth-order valence-corrected chi connectivity index (χ4v) is 1.73. The molecule has 18 heavy (non-hydrogen) atoms. The van der Waals surface area contributed by atoms with E-state index < -0.39 is 17.4 Å². The fourth-order valence-electron chi connectivity index (χ4n) is 1.73. The highest BCUT2D eigenvalue weighted by atomic mass is 19.1. The predicted octanol–water partition coefficient (Wildman–Crippen LogP) is 3.84. The standard InChI is InChI=1S/C14H15FO3/c1-8-9-6-5-7-10(15)12(9)17-11(8)13(16)18-14(2,3)4/h5-7H,1-4H3. The van der Waals surface area contributed by atoms with Crippen molar-refractivity contribution in [3.8, 4) is 0 Å². The second-order valence-electron chi connectivity index (χ2n) is 5.17. The van der Waals surface area contributed by atoms with Crippen LogP contribution in [0, 0.1) is 12.7 Å². The molecule has 0 unspecified atom stereocenters. The molecule has 2 rings (SSSR count). The van der Waals surface area contributed by atoms with Crippen molar-refractivity contribution in [3.63, 3.8) is 0 Å². The first-order chi connectivity index (χ1) is 8.29. The maximum atomic E-state index is 13.5. The van der Waals surface area contributed by atoms with Crippen molar-refractivity contribution in [2.45, 2.75) is 33.3 Å². The molecule has 1 aromatic carbocycles. The molecule has 0 bridgehead atoms. The van der Waals surface area contributed by atoms with Crippen LogP contribution in [0.3, 0.4) is 0 Å². The molecule has 0 amide bonds. The summed E-state index contributed by atoms with van der Waals surface area (Å²) in [6.45, 7) is 7.01. The molecule has 0 saturated carbocycles. The molecule has 4 heteroatoms. The van der Waals surface area contributed by atoms with Crippen molar-refractivity contribution in [2.24, 2.45) is 0 Å². The van der Waals surface area contributed by atoms with Crippen molar-refractivity contribution in [2.75, 3.05) is 0 Å². The Morgan fingerprint density at radius 1 is 1.33 bits per heavy atom. The van der Waals surface area contributed by atoms with Gasteiger partial charge >= 0.3 is 5.97 Å². The number of furan rings is 1. The molecule has 2 aromatic rings. The van der Waals surface area contributed by atoms with Crippen LogP contribution < -0.4 is 0 Å². The van der Waals surface area contributed by atoms with Crippen LogP contribution >= 0.6 is 0 Å². The second kappa shape index (κ2) is 4.12. The molecule has 0 N–H and O–H groups in total. The quantitative estimate of drug-likeness (QED) is 0.722. The molecule has 0 aliphatic rings. The number of fused-ring (bicyclic) bond motifs is 1. The van der Waals surface area contributed by atoms with E-state index in [1.165, 1.54) is 6.07 Å². The summed E-state index contributed by atoms with van der Waals surface area (Å²) in [4.78, 5) is 11.9. The van der Waals surface area contributed by atoms with Gasteiger partial charge in [-0.1, -0.05) is 12.1 Å². The number of aryl methyl sites for hydroxylation is 1. The molecule has 0 atom stereocenters. The number of esters is 1. The van der Waals surface area contributed by atoms with E-state index in [1.54, 1.807) is 39.8 Å². The van der Waals surface area contributed by atoms with Crippen LogP contribution in [0.1, 0.15) is 36.9 Å². The number of rotatable bonds is 1. The third kappa shape index (κ3) is 2.23. The average Bonchev–Trinajstić information content (AvgIpc) is 2.56. The number of carbonyl (C=O) groups excluding carboxylic acids is 1. The first kappa shape index (κ1) is 12.6. The molecule has 0 saturated heterocycles. The van der Waals surface area contributed by atoms with Crippen LogP contribution in [0.25, 0.3) is 11.0 Å². The summed E-state index contributed by atoms with van der Waals surface area (Å²) in [6, 6.07) is 4.59. The Balaban J connectivity index is 2.50. The molecule has 96 valence electrons. The average molecular weight is 250 g/mol. The Hall–Kier alpha value is -1.84. The smallest absolute Gasteiger partial charge is 0.375 e. The lowest BCUT2D eigenvalue weighted by Gasteiger charge is -2.18. The van der Waals surface area contributed by atoms with Gasteiger partial charge in [0.05, 0.1) is 0 Å². The molecule has 1 heterocycles. The summed E-state index contributed by atoms with van der Waals surface area (Å²) in [6.07, 6.45) is 0. The van der Waals surface area contributed by atoms with Crippen LogP contribution in [0.2, 0.25) is 0 Å². The fraction of sp³-hybridized carbons (Fsp3) is 0.357. The predicted molar refractivity (Wildman–Crippen MR) is 66.1 cm³/mol. The lowest BCUT2D eigenvalue weighted by molar-refractivity contribution is 0.00370. The van der Waals surface area contributed by atoms with Gasteiger partial charge in [0, 0.05) is 10.9 Å². The summed E-state index contributed by atoms with van der Waals surface area (Å²) in [5, 5.41) is 0.593. The van der Waals surface area contributed by atoms with Crippen molar-refractivity contribution in [3.05, 3.63) is 35.3 Å². The Kier molecular flexibility index (Phi) is 2.89. The summed E-state index contributed by atoms with van der Waals surface area (Å²) < 4.78 is 24.0. The summed E-state index contributed by atoms with van der Waals surface area (Å²) in [5.74, 6) is -0.994. The number of para-hydroxylation sites is 1. The monoisotopic (exact) mass is 250 g/mol. The second-order valence-corrected chi connectivity index (χ2v) is 5.17. The first-order valence-electron chi connectivity index (χ1n) is 5.70. The molecule has 0 radical (unpaired) electrons. The van der Waals surface area contributed by atoms with Gasteiger partial charge in [-0.15, -0.1) is 0 Å². The maximum Gasteiger partial charge on any atom is 0.375 e. The first-order valence-corrected chi connectivity index (χ1v) is 5.70. The SMILES string of the molecule is Cc1c(C(=O)OC(C)(C)C)oc2c(F)cccc12. The van der Waals surface area contributed by atoms with Gasteiger partial charge in [-0.3, -0.25) is 0 Å². The number of ether oxygens (including phenoxy) is 1. The van der Waals surface area contributed by atoms with E-state index in [0.717, 1.165) is 0 Å². The van der Waals surface area contributed by atoms with Gasteiger partial charge < -0.3 is 9.15 Å². The van der Waals surface area contributed by atoms with Gasteiger partial charge in [-0.2, -0.15) is 0 Å². The normalized spacial score (nSPS) is 11.8. The number of halogens is 1. The maximum absolute atomic E-state index is 13.5. The molecule has 0 aliphatic carbocycles. The number of benzene rings is 1. The van der Waals surface area contributed by atoms with Crippen LogP contribution in [-0.4, -0.2) is 11.6 Å². The van der Waals surface area contributed by atoms with Crippen LogP contribution in [-0.2, 0) is 4.74 Å². The lowest BCUT2D eigenvalue weighted by atomic mass is 10.1. The van der Waals surface area contributed by atoms with E-state index in [2.05, 4.69) is 0 Å². The zero-order chi connectivity index (χ0) is 13.5. The third-order valence-corrected chi connectivity index (χ3v) is 2.50. The molecular weight excluding hydrogens is 235 g/mol. The van der Waals surface area contributed by atoms with E-state index in [-0.39, 0.29) is 11.3 Å². The van der Waals surface area contributed by atoms with Gasteiger partial charge in [0.2, 0.25) is 5.76 Å². The minimum Gasteiger partial charge on any atom is -0.454 e. The van der Waals surface area contributed by atoms with Gasteiger partial charge in [-0.05, 0) is 33.8 Å². The molecule has 3 nitrogen and oxygen atoms in total. The summed E-state index contributed by atoms with van der Waals surface area (Å²) >= 11 is 0. The van der Waals surface area contributed by atoms with E-state index >= 15 is 0 Å². The van der Waals surface area contributed by atoms with Gasteiger partial charge in [0.25, 0.3) is 0 Å². The minimum absolute atomic E-state index is 0.0602. The molecule has 0 aliphatic heterocycles. The minimum atomic E-state index is -0.610. The van der Waals surface area contributed by atoms with E-state index in [0.29, 0.717) is 10.9 Å². The zero-order valence-corrected chi connectivity index (χ0v) is 10.8. The summed E-state index contributed by atoms with van der Waals surface area (Å²) in [7, 11) is 0. The van der Waals surface area contributed by atoms with E-state index in [1.807, 2.05) is 0 Å². The van der Waals surface area contributed by atoms with Crippen molar-refractivity contribution >= 4 is 16.9 Å². The van der Waals surface area contributed by atoms with Gasteiger partial charge in [-0.25, -0.2) is 9.18 Å². The summed E-state index contributed by atoms with van der Waals surface area (Å²) in [5.41, 5.74) is 0.0794. The Morgan fingerprint density at radius 2 is 2.00 bits per heavy atom. The van der Waals surface area contributed by atoms with Crippen molar-refractivity contribution in [1.82, 2.24) is 0 Å². The van der Waals surface area contributed by atoms with E-state index in [4.69, 9.17) is 9.15 Å². The Labute approximate surface area is 105 Å². The largest absolute Gasteiger partial charge is 0.454 e. The van der Waals surface area contributed by atoms with Crippen molar-refractivity contribution in [1.29, 1.82) is 0 Å². The Bertz CT molecular complexity index is 605. The van der Waals surface area contributed by atoms with Gasteiger partial charge in [0.1, 0.15) is 5.60 Å². The van der Waals surface area contributed by atoms with Crippen LogP contribution in [0.5, 0.6) is 0 Å². The lowest BCUT2D eigenvalue weighted by Crippen LogP contribution is -2.23. The molecule has 0 fully saturated rings. The number of hydrogen-bond donors (Lipinski definition) is 0. The highest BCUT2D eigenvalue weighted by Gasteiger charge is 2.24. The van der Waals surface area contributed by atoms with Crippen molar-refractivity contribution < 1.29 is 18.3 Å². The highest BCUT2D eigenvalue weighted by Crippen LogP contribution is 2.28. The van der Waals surface area contributed by atoms with Crippen LogP contribution in [0.4, 0.5) is 4.39 Å². The topological polar surface area (TPSA) is 39.4 Å². The zero-order valence-electron chi connectivity index (χ0n) is 10.8. The van der Waals surface area contributed by atoms with Crippen LogP contribution in [0.15, 0.2) is 22.6 Å².